The van der Waals surface area contributed by atoms with Crippen LogP contribution in [0.3, 0.4) is 0 Å². The van der Waals surface area contributed by atoms with Crippen molar-refractivity contribution in [3.63, 3.8) is 0 Å². The Kier molecular flexibility index (Phi) is 6.07. The molecular formula is C16H19BrClN4O4+. The Morgan fingerprint density at radius 3 is 2.42 bits per heavy atom. The maximum Gasteiger partial charge on any atom is 0.298 e. The third kappa shape index (κ3) is 4.42. The summed E-state index contributed by atoms with van der Waals surface area (Å²) in [6.45, 7) is 1.11. The van der Waals surface area contributed by atoms with Crippen LogP contribution in [-0.2, 0) is 0 Å². The highest BCUT2D eigenvalue weighted by atomic mass is 79.9. The zero-order valence-corrected chi connectivity index (χ0v) is 16.8. The van der Waals surface area contributed by atoms with E-state index in [1.54, 1.807) is 12.1 Å². The van der Waals surface area contributed by atoms with Gasteiger partial charge in [0.05, 0.1) is 43.9 Å². The number of quaternary nitrogens is 1. The number of aliphatic hydroxyl groups excluding tert-OH is 1. The molecule has 0 saturated heterocycles. The van der Waals surface area contributed by atoms with Crippen molar-refractivity contribution in [2.75, 3.05) is 34.3 Å². The number of likely N-dealkylation sites (N-methyl/N-ethyl adjacent to an activating group) is 1. The lowest BCUT2D eigenvalue weighted by molar-refractivity contribution is -0.870. The predicted octanol–water partition coefficient (Wildman–Crippen LogP) is 1.94. The molecule has 0 saturated carbocycles. The first-order chi connectivity index (χ1) is 12.0. The molecule has 0 bridgehead atoms. The van der Waals surface area contributed by atoms with E-state index < -0.39 is 11.4 Å². The fraction of sp³-hybridized carbons (Fsp3) is 0.312. The normalized spacial score (nSPS) is 11.5. The molecule has 1 aromatic rings. The molecule has 1 aromatic carbocycles. The summed E-state index contributed by atoms with van der Waals surface area (Å²) >= 11 is 9.21. The van der Waals surface area contributed by atoms with E-state index in [-0.39, 0.29) is 17.9 Å². The van der Waals surface area contributed by atoms with Gasteiger partial charge in [0, 0.05) is 9.86 Å². The molecule has 10 heteroatoms. The van der Waals surface area contributed by atoms with Crippen LogP contribution in [0.4, 0.5) is 0 Å². The molecule has 26 heavy (non-hydrogen) atoms. The quantitative estimate of drug-likeness (QED) is 0.315. The highest BCUT2D eigenvalue weighted by Crippen LogP contribution is 2.33. The van der Waals surface area contributed by atoms with Crippen molar-refractivity contribution in [2.24, 2.45) is 0 Å². The number of pyridine rings is 1. The monoisotopic (exact) mass is 445 g/mol. The van der Waals surface area contributed by atoms with Crippen LogP contribution in [0.15, 0.2) is 27.5 Å². The van der Waals surface area contributed by atoms with E-state index in [9.17, 15) is 15.1 Å². The summed E-state index contributed by atoms with van der Waals surface area (Å²) in [4.78, 5) is 11.6. The van der Waals surface area contributed by atoms with Crippen molar-refractivity contribution >= 4 is 38.4 Å². The summed E-state index contributed by atoms with van der Waals surface area (Å²) in [6.07, 6.45) is 0. The van der Waals surface area contributed by atoms with Crippen LogP contribution in [0.1, 0.15) is 0 Å². The number of halogens is 2. The maximum absolute atomic E-state index is 11.6. The Bertz CT molecular complexity index is 971. The molecule has 0 atom stereocenters. The smallest absolute Gasteiger partial charge is 0.298 e. The molecule has 3 rings (SSSR count). The van der Waals surface area contributed by atoms with Crippen molar-refractivity contribution in [3.05, 3.63) is 38.0 Å². The second kappa shape index (κ2) is 7.75. The predicted molar refractivity (Wildman–Crippen MR) is 102 cm³/mol. The van der Waals surface area contributed by atoms with Gasteiger partial charge in [-0.2, -0.15) is 4.73 Å². The summed E-state index contributed by atoms with van der Waals surface area (Å²) < 4.78 is 2.11. The summed E-state index contributed by atoms with van der Waals surface area (Å²) in [5, 5.41) is 35.7. The molecule has 0 fully saturated rings. The first kappa shape index (κ1) is 20.4. The van der Waals surface area contributed by atoms with Crippen LogP contribution in [0, 0.1) is 0 Å². The molecule has 0 aliphatic carbocycles. The van der Waals surface area contributed by atoms with Gasteiger partial charge in [0.2, 0.25) is 0 Å². The van der Waals surface area contributed by atoms with E-state index in [0.717, 1.165) is 11.0 Å². The fourth-order valence-corrected chi connectivity index (χ4v) is 2.68. The number of nitrogens with zero attached hydrogens (tertiary/aromatic N) is 4. The van der Waals surface area contributed by atoms with Crippen molar-refractivity contribution in [2.45, 2.75) is 0 Å². The minimum absolute atomic E-state index is 0.0564. The second-order valence-corrected chi connectivity index (χ2v) is 7.87. The van der Waals surface area contributed by atoms with Crippen molar-refractivity contribution in [3.8, 4) is 17.1 Å². The zero-order chi connectivity index (χ0) is 19.6. The average Bonchev–Trinajstić information content (AvgIpc) is 2.52. The van der Waals surface area contributed by atoms with Gasteiger partial charge in [-0.05, 0) is 34.1 Å². The number of hydrogen-bond acceptors (Lipinski definition) is 6. The molecule has 2 heterocycles. The third-order valence-electron chi connectivity index (χ3n) is 3.51. The molecule has 0 amide bonds. The van der Waals surface area contributed by atoms with Gasteiger partial charge in [-0.15, -0.1) is 10.2 Å². The highest BCUT2D eigenvalue weighted by molar-refractivity contribution is 9.10. The SMILES string of the molecule is C[N+](C)(C)CCO.O=c1nnc(O)c2n(O)c3cc(Br)c(Cl)cc3cc1-2. The first-order valence-corrected chi connectivity index (χ1v) is 8.73. The number of aliphatic hydroxyl groups is 1. The Labute approximate surface area is 162 Å². The Hall–Kier alpha value is -1.94. The van der Waals surface area contributed by atoms with Crippen LogP contribution in [0.5, 0.6) is 5.88 Å². The molecule has 0 unspecified atom stereocenters. The van der Waals surface area contributed by atoms with Crippen LogP contribution in [0.2, 0.25) is 5.02 Å². The highest BCUT2D eigenvalue weighted by Gasteiger charge is 2.20. The average molecular weight is 447 g/mol. The number of benzene rings is 1. The Morgan fingerprint density at radius 2 is 1.88 bits per heavy atom. The van der Waals surface area contributed by atoms with E-state index in [2.05, 4.69) is 47.3 Å². The van der Waals surface area contributed by atoms with Gasteiger partial charge in [0.15, 0.2) is 5.69 Å². The van der Waals surface area contributed by atoms with Gasteiger partial charge in [-0.25, -0.2) is 0 Å². The lowest BCUT2D eigenvalue weighted by atomic mass is 10.1. The van der Waals surface area contributed by atoms with Gasteiger partial charge in [0.1, 0.15) is 6.54 Å². The van der Waals surface area contributed by atoms with Crippen molar-refractivity contribution in [1.29, 1.82) is 0 Å². The number of aromatic nitrogens is 3. The van der Waals surface area contributed by atoms with Gasteiger partial charge >= 0.3 is 0 Å². The largest absolute Gasteiger partial charge is 0.491 e. The third-order valence-corrected chi connectivity index (χ3v) is 4.71. The number of aromatic hydroxyl groups is 1. The number of rotatable bonds is 2. The summed E-state index contributed by atoms with van der Waals surface area (Å²) in [5.41, 5.74) is -0.314. The lowest BCUT2D eigenvalue weighted by Crippen LogP contribution is -2.36. The molecular weight excluding hydrogens is 428 g/mol. The topological polar surface area (TPSA) is 108 Å². The maximum atomic E-state index is 11.6. The van der Waals surface area contributed by atoms with E-state index in [4.69, 9.17) is 16.7 Å². The molecule has 8 nitrogen and oxygen atoms in total. The minimum atomic E-state index is -0.642. The van der Waals surface area contributed by atoms with Gasteiger partial charge in [0.25, 0.3) is 11.4 Å². The second-order valence-electron chi connectivity index (χ2n) is 6.61. The van der Waals surface area contributed by atoms with Gasteiger partial charge < -0.3 is 19.9 Å². The fourth-order valence-electron chi connectivity index (χ4n) is 2.18. The van der Waals surface area contributed by atoms with E-state index in [0.29, 0.717) is 25.1 Å². The molecule has 2 aliphatic heterocycles. The lowest BCUT2D eigenvalue weighted by Gasteiger charge is -2.21. The van der Waals surface area contributed by atoms with E-state index in [1.807, 2.05) is 0 Å². The summed E-state index contributed by atoms with van der Waals surface area (Å²) in [7, 11) is 6.16. The van der Waals surface area contributed by atoms with Crippen LogP contribution in [-0.4, -0.2) is 69.1 Å². The standard InChI is InChI=1S/C11H5BrClN3O3.C5H14NO/c12-6-3-8-4(2-7(6)13)1-5-9(16(8)19)11(18)15-14-10(5)17;1-6(2,3)4-5-7/h1-3,18-19H;7H,4-5H2,1-3H3/q;+1. The molecule has 3 N–H and O–H groups in total. The molecule has 2 aliphatic rings. The zero-order valence-electron chi connectivity index (χ0n) is 14.4. The van der Waals surface area contributed by atoms with Crippen molar-refractivity contribution in [1.82, 2.24) is 14.9 Å². The molecule has 140 valence electrons. The molecule has 0 spiro atoms. The van der Waals surface area contributed by atoms with Gasteiger partial charge in [-0.1, -0.05) is 11.6 Å². The first-order valence-electron chi connectivity index (χ1n) is 7.56. The minimum Gasteiger partial charge on any atom is -0.491 e. The van der Waals surface area contributed by atoms with E-state index >= 15 is 0 Å². The Balaban J connectivity index is 0.000000298. The summed E-state index contributed by atoms with van der Waals surface area (Å²) in [6, 6.07) is 4.65. The molecule has 0 radical (unpaired) electrons. The van der Waals surface area contributed by atoms with Crippen molar-refractivity contribution < 1.29 is 19.9 Å². The van der Waals surface area contributed by atoms with Crippen LogP contribution < -0.4 is 5.56 Å². The van der Waals surface area contributed by atoms with Gasteiger partial charge in [-0.3, -0.25) is 4.79 Å². The number of hydrogen-bond donors (Lipinski definition) is 3. The Morgan fingerprint density at radius 1 is 1.23 bits per heavy atom. The molecule has 0 aromatic heterocycles. The summed E-state index contributed by atoms with van der Waals surface area (Å²) in [5.74, 6) is -0.523. The van der Waals surface area contributed by atoms with Crippen LogP contribution in [0.25, 0.3) is 22.2 Å². The van der Waals surface area contributed by atoms with Crippen LogP contribution >= 0.6 is 27.5 Å². The number of fused-ring (bicyclic) bond motifs is 2. The van der Waals surface area contributed by atoms with E-state index in [1.165, 1.54) is 6.07 Å².